The number of urea groups is 1. The molecule has 0 aliphatic heterocycles. The molecule has 2 amide bonds. The molecule has 0 saturated heterocycles. The lowest BCUT2D eigenvalue weighted by Gasteiger charge is -2.16. The lowest BCUT2D eigenvalue weighted by Crippen LogP contribution is -2.31. The minimum atomic E-state index is -1.70. The molecule has 4 rings (SSSR count). The van der Waals surface area contributed by atoms with Gasteiger partial charge in [0.05, 0.1) is 13.2 Å². The first-order valence-electron chi connectivity index (χ1n) is 9.34. The first-order valence-corrected chi connectivity index (χ1v) is 10.5. The molecule has 1 atom stereocenters. The molecule has 1 heterocycles. The molecule has 7 nitrogen and oxygen atoms in total. The fourth-order valence-electron chi connectivity index (χ4n) is 3.99. The van der Waals surface area contributed by atoms with Crippen molar-refractivity contribution in [2.24, 2.45) is 0 Å². The summed E-state index contributed by atoms with van der Waals surface area (Å²) < 4.78 is 21.6. The Kier molecular flexibility index (Phi) is 5.27. The average molecular weight is 388 g/mol. The highest BCUT2D eigenvalue weighted by molar-refractivity contribution is 7.83. The number of benzene rings is 1. The van der Waals surface area contributed by atoms with Crippen molar-refractivity contribution in [3.63, 3.8) is 0 Å². The highest BCUT2D eigenvalue weighted by atomic mass is 32.2. The number of anilines is 1. The van der Waals surface area contributed by atoms with E-state index < -0.39 is 17.0 Å². The summed E-state index contributed by atoms with van der Waals surface area (Å²) in [4.78, 5) is 12.5. The number of nitrogens with one attached hydrogen (secondary N) is 2. The van der Waals surface area contributed by atoms with E-state index in [9.17, 15) is 9.00 Å². The normalized spacial score (nSPS) is 16.0. The van der Waals surface area contributed by atoms with Gasteiger partial charge in [0.1, 0.15) is 0 Å². The molecule has 0 saturated carbocycles. The van der Waals surface area contributed by atoms with E-state index in [1.165, 1.54) is 22.3 Å². The Hall–Kier alpha value is -2.19. The van der Waals surface area contributed by atoms with Crippen LogP contribution in [0.5, 0.6) is 0 Å². The second-order valence-electron chi connectivity index (χ2n) is 6.97. The largest absolute Gasteiger partial charge is 0.383 e. The average Bonchev–Trinajstić information content (AvgIpc) is 3.39. The maximum Gasteiger partial charge on any atom is 0.331 e. The number of aromatic nitrogens is 2. The van der Waals surface area contributed by atoms with Gasteiger partial charge in [-0.25, -0.2) is 9.00 Å². The molecule has 1 aromatic heterocycles. The standard InChI is InChI=1S/C19H24N4O3S/c1-26-11-10-23-9-8-17(21-23)27(25)22-19(24)20-18-15-6-2-4-13(15)12-14-5-3-7-16(14)18/h8-9,12H,2-7,10-11H2,1H3,(H2,20,22,24). The van der Waals surface area contributed by atoms with E-state index in [4.69, 9.17) is 4.74 Å². The Morgan fingerprint density at radius 3 is 2.59 bits per heavy atom. The van der Waals surface area contributed by atoms with E-state index in [0.717, 1.165) is 44.2 Å². The van der Waals surface area contributed by atoms with Gasteiger partial charge in [0.2, 0.25) is 0 Å². The van der Waals surface area contributed by atoms with Crippen LogP contribution in [0.15, 0.2) is 23.4 Å². The first kappa shape index (κ1) is 18.2. The fraction of sp³-hybridized carbons (Fsp3) is 0.474. The van der Waals surface area contributed by atoms with Gasteiger partial charge in [-0.05, 0) is 66.8 Å². The molecule has 0 radical (unpaired) electrons. The number of nitrogens with zero attached hydrogens (tertiary/aromatic N) is 2. The number of ether oxygens (including phenoxy) is 1. The molecule has 1 unspecified atom stereocenters. The molecule has 0 spiro atoms. The third-order valence-corrected chi connectivity index (χ3v) is 6.20. The Morgan fingerprint density at radius 1 is 1.22 bits per heavy atom. The molecule has 8 heteroatoms. The zero-order valence-corrected chi connectivity index (χ0v) is 16.2. The third kappa shape index (κ3) is 3.77. The van der Waals surface area contributed by atoms with E-state index in [0.29, 0.717) is 18.2 Å². The molecular formula is C19H24N4O3S. The zero-order chi connectivity index (χ0) is 18.8. The second-order valence-corrected chi connectivity index (χ2v) is 8.13. The highest BCUT2D eigenvalue weighted by Crippen LogP contribution is 2.38. The number of rotatable bonds is 6. The summed E-state index contributed by atoms with van der Waals surface area (Å²) in [5.74, 6) is 0. The Bertz CT molecular complexity index is 861. The number of hydrogen-bond donors (Lipinski definition) is 2. The predicted octanol–water partition coefficient (Wildman–Crippen LogP) is 2.35. The third-order valence-electron chi connectivity index (χ3n) is 5.23. The van der Waals surface area contributed by atoms with Crippen molar-refractivity contribution in [3.8, 4) is 0 Å². The van der Waals surface area contributed by atoms with Gasteiger partial charge in [-0.1, -0.05) is 6.07 Å². The maximum absolute atomic E-state index is 12.5. The molecule has 2 N–H and O–H groups in total. The van der Waals surface area contributed by atoms with Gasteiger partial charge in [0.15, 0.2) is 16.0 Å². The number of carbonyl (C=O) groups is 1. The number of hydrogen-bond acceptors (Lipinski definition) is 4. The summed E-state index contributed by atoms with van der Waals surface area (Å²) in [6, 6.07) is 3.51. The molecule has 2 aliphatic rings. The van der Waals surface area contributed by atoms with Crippen molar-refractivity contribution in [2.75, 3.05) is 19.0 Å². The summed E-state index contributed by atoms with van der Waals surface area (Å²) in [6.07, 6.45) is 8.10. The summed E-state index contributed by atoms with van der Waals surface area (Å²) in [6.45, 7) is 1.09. The van der Waals surface area contributed by atoms with Crippen molar-refractivity contribution in [1.29, 1.82) is 0 Å². The van der Waals surface area contributed by atoms with E-state index in [1.807, 2.05) is 0 Å². The Morgan fingerprint density at radius 2 is 1.93 bits per heavy atom. The monoisotopic (exact) mass is 388 g/mol. The number of fused-ring (bicyclic) bond motifs is 2. The van der Waals surface area contributed by atoms with Crippen LogP contribution in [0.1, 0.15) is 35.1 Å². The molecular weight excluding hydrogens is 364 g/mol. The van der Waals surface area contributed by atoms with E-state index in [-0.39, 0.29) is 0 Å². The smallest absolute Gasteiger partial charge is 0.331 e. The van der Waals surface area contributed by atoms with Crippen LogP contribution in [-0.4, -0.2) is 33.7 Å². The summed E-state index contributed by atoms with van der Waals surface area (Å²) in [5.41, 5.74) is 6.14. The van der Waals surface area contributed by atoms with Crippen LogP contribution in [0.2, 0.25) is 0 Å². The molecule has 0 fully saturated rings. The highest BCUT2D eigenvalue weighted by Gasteiger charge is 2.25. The summed E-state index contributed by atoms with van der Waals surface area (Å²) in [7, 11) is -0.0866. The van der Waals surface area contributed by atoms with Crippen LogP contribution >= 0.6 is 0 Å². The fourth-order valence-corrected chi connectivity index (χ4v) is 4.68. The van der Waals surface area contributed by atoms with Crippen molar-refractivity contribution >= 4 is 22.7 Å². The maximum atomic E-state index is 12.5. The number of carbonyl (C=O) groups excluding carboxylic acids is 1. The van der Waals surface area contributed by atoms with Gasteiger partial charge in [0.25, 0.3) is 0 Å². The molecule has 1 aromatic carbocycles. The number of amides is 2. The van der Waals surface area contributed by atoms with Gasteiger partial charge < -0.3 is 10.1 Å². The molecule has 2 aliphatic carbocycles. The lowest BCUT2D eigenvalue weighted by molar-refractivity contribution is 0.183. The zero-order valence-electron chi connectivity index (χ0n) is 15.4. The SMILES string of the molecule is COCCn1ccc(S(=O)NC(=O)Nc2c3c(cc4c2CCC4)CCC3)n1. The Balaban J connectivity index is 1.46. The van der Waals surface area contributed by atoms with Crippen LogP contribution in [0, 0.1) is 0 Å². The lowest BCUT2D eigenvalue weighted by atomic mass is 9.99. The molecule has 27 heavy (non-hydrogen) atoms. The van der Waals surface area contributed by atoms with Crippen molar-refractivity contribution < 1.29 is 13.7 Å². The van der Waals surface area contributed by atoms with Crippen LogP contribution < -0.4 is 10.0 Å². The minimum absolute atomic E-state index is 0.324. The first-order chi connectivity index (χ1) is 13.2. The van der Waals surface area contributed by atoms with Crippen molar-refractivity contribution in [2.45, 2.75) is 50.1 Å². The molecule has 2 aromatic rings. The number of aryl methyl sites for hydroxylation is 2. The van der Waals surface area contributed by atoms with Gasteiger partial charge in [-0.2, -0.15) is 5.10 Å². The summed E-state index contributed by atoms with van der Waals surface area (Å²) in [5, 5.41) is 7.53. The van der Waals surface area contributed by atoms with Gasteiger partial charge in [0, 0.05) is 19.0 Å². The molecule has 0 bridgehead atoms. The van der Waals surface area contributed by atoms with E-state index >= 15 is 0 Å². The van der Waals surface area contributed by atoms with Gasteiger partial charge in [-0.3, -0.25) is 9.40 Å². The van der Waals surface area contributed by atoms with Gasteiger partial charge in [-0.15, -0.1) is 0 Å². The summed E-state index contributed by atoms with van der Waals surface area (Å²) >= 11 is 0. The van der Waals surface area contributed by atoms with Gasteiger partial charge >= 0.3 is 6.03 Å². The van der Waals surface area contributed by atoms with Crippen LogP contribution in [-0.2, 0) is 48.0 Å². The number of methoxy groups -OCH3 is 1. The van der Waals surface area contributed by atoms with E-state index in [1.54, 1.807) is 24.1 Å². The predicted molar refractivity (Wildman–Crippen MR) is 103 cm³/mol. The van der Waals surface area contributed by atoms with Crippen LogP contribution in [0.3, 0.4) is 0 Å². The van der Waals surface area contributed by atoms with E-state index in [2.05, 4.69) is 21.2 Å². The van der Waals surface area contributed by atoms with Crippen LogP contribution in [0.25, 0.3) is 0 Å². The minimum Gasteiger partial charge on any atom is -0.383 e. The second kappa shape index (κ2) is 7.82. The quantitative estimate of drug-likeness (QED) is 0.795. The van der Waals surface area contributed by atoms with Crippen molar-refractivity contribution in [3.05, 3.63) is 40.6 Å². The van der Waals surface area contributed by atoms with Crippen molar-refractivity contribution in [1.82, 2.24) is 14.5 Å². The molecule has 144 valence electrons. The topological polar surface area (TPSA) is 85.2 Å². The van der Waals surface area contributed by atoms with Crippen LogP contribution in [0.4, 0.5) is 10.5 Å². The Labute approximate surface area is 161 Å².